The molecule has 0 bridgehead atoms. The third-order valence-corrected chi connectivity index (χ3v) is 4.35. The number of carbonyl (C=O) groups is 2. The maximum absolute atomic E-state index is 9.55. The molecule has 3 rings (SSSR count). The van der Waals surface area contributed by atoms with Crippen LogP contribution < -0.4 is 4.74 Å². The summed E-state index contributed by atoms with van der Waals surface area (Å²) in [6, 6.07) is 12.4. The van der Waals surface area contributed by atoms with E-state index in [9.17, 15) is 14.7 Å². The van der Waals surface area contributed by atoms with Gasteiger partial charge in [-0.1, -0.05) is 0 Å². The van der Waals surface area contributed by atoms with Crippen molar-refractivity contribution in [1.29, 1.82) is 0 Å². The number of rotatable bonds is 7. The summed E-state index contributed by atoms with van der Waals surface area (Å²) in [5, 5.41) is 24.9. The molecule has 1 unspecified atom stereocenters. The SMILES string of the molecule is CC1=NCCn2c1ccc2-c1ccc(OCCC(C)O)cc1.O=C(O)/C=C/C(=O)O. The first kappa shape index (κ1) is 22.9. The molecule has 0 aliphatic carbocycles. The minimum atomic E-state index is -1.26. The largest absolute Gasteiger partial charge is 0.493 e. The highest BCUT2D eigenvalue weighted by atomic mass is 16.5. The van der Waals surface area contributed by atoms with Gasteiger partial charge < -0.3 is 24.6 Å². The molecule has 30 heavy (non-hydrogen) atoms. The van der Waals surface area contributed by atoms with Gasteiger partial charge in [0.25, 0.3) is 0 Å². The van der Waals surface area contributed by atoms with Gasteiger partial charge in [0.05, 0.1) is 30.7 Å². The van der Waals surface area contributed by atoms with Crippen LogP contribution in [-0.2, 0) is 16.1 Å². The maximum Gasteiger partial charge on any atom is 0.328 e. The van der Waals surface area contributed by atoms with E-state index in [1.165, 1.54) is 17.0 Å². The fraction of sp³-hybridized carbons (Fsp3) is 0.318. The molecule has 0 saturated heterocycles. The third kappa shape index (κ3) is 6.89. The lowest BCUT2D eigenvalue weighted by molar-refractivity contribution is -0.134. The number of aliphatic hydroxyl groups excluding tert-OH is 1. The Kier molecular flexibility index (Phi) is 8.37. The van der Waals surface area contributed by atoms with Crippen molar-refractivity contribution in [3.8, 4) is 17.0 Å². The van der Waals surface area contributed by atoms with E-state index in [0.717, 1.165) is 24.6 Å². The minimum Gasteiger partial charge on any atom is -0.493 e. The number of aromatic nitrogens is 1. The van der Waals surface area contributed by atoms with Crippen molar-refractivity contribution < 1.29 is 29.6 Å². The van der Waals surface area contributed by atoms with Crippen molar-refractivity contribution in [2.75, 3.05) is 13.2 Å². The lowest BCUT2D eigenvalue weighted by Crippen LogP contribution is -2.16. The van der Waals surface area contributed by atoms with Crippen molar-refractivity contribution in [3.63, 3.8) is 0 Å². The van der Waals surface area contributed by atoms with Crippen LogP contribution in [0.15, 0.2) is 53.5 Å². The van der Waals surface area contributed by atoms with Gasteiger partial charge in [-0.2, -0.15) is 0 Å². The number of hydrogen-bond donors (Lipinski definition) is 3. The second-order valence-corrected chi connectivity index (χ2v) is 6.74. The summed E-state index contributed by atoms with van der Waals surface area (Å²) in [5.41, 5.74) is 4.72. The summed E-state index contributed by atoms with van der Waals surface area (Å²) in [7, 11) is 0. The fourth-order valence-corrected chi connectivity index (χ4v) is 2.89. The molecule has 160 valence electrons. The van der Waals surface area contributed by atoms with E-state index in [1.54, 1.807) is 6.92 Å². The molecule has 0 amide bonds. The summed E-state index contributed by atoms with van der Waals surface area (Å²) < 4.78 is 7.96. The first-order valence-corrected chi connectivity index (χ1v) is 9.54. The molecule has 1 atom stereocenters. The van der Waals surface area contributed by atoms with Gasteiger partial charge in [0.2, 0.25) is 0 Å². The molecule has 2 heterocycles. The smallest absolute Gasteiger partial charge is 0.328 e. The molecule has 1 aromatic heterocycles. The molecular formula is C22H26N2O6. The van der Waals surface area contributed by atoms with Crippen LogP contribution in [0.1, 0.15) is 26.0 Å². The van der Waals surface area contributed by atoms with Gasteiger partial charge in [0.1, 0.15) is 5.75 Å². The van der Waals surface area contributed by atoms with Crippen molar-refractivity contribution in [3.05, 3.63) is 54.2 Å². The standard InChI is InChI=1S/C18H22N2O2.C4H4O4/c1-13(21)9-12-22-16-5-3-15(4-6-16)18-8-7-17-14(2)19-10-11-20(17)18;5-3(6)1-2-4(7)8/h3-8,13,21H,9-12H2,1-2H3;1-2H,(H,5,6)(H,7,8)/b;2-1+. The molecule has 0 spiro atoms. The van der Waals surface area contributed by atoms with Crippen LogP contribution in [0.5, 0.6) is 5.75 Å². The summed E-state index contributed by atoms with van der Waals surface area (Å²) in [5.74, 6) is -1.67. The van der Waals surface area contributed by atoms with Gasteiger partial charge in [-0.05, 0) is 55.8 Å². The van der Waals surface area contributed by atoms with E-state index < -0.39 is 11.9 Å². The van der Waals surface area contributed by atoms with Crippen LogP contribution in [0.3, 0.4) is 0 Å². The summed E-state index contributed by atoms with van der Waals surface area (Å²) in [6.07, 6.45) is 1.44. The Hall–Kier alpha value is -3.39. The molecular weight excluding hydrogens is 388 g/mol. The van der Waals surface area contributed by atoms with Crippen LogP contribution in [0.2, 0.25) is 0 Å². The highest BCUT2D eigenvalue weighted by Gasteiger charge is 2.14. The quantitative estimate of drug-likeness (QED) is 0.599. The zero-order chi connectivity index (χ0) is 22.1. The number of aliphatic imine (C=N–C) groups is 1. The third-order valence-electron chi connectivity index (χ3n) is 4.35. The highest BCUT2D eigenvalue weighted by molar-refractivity contribution is 5.98. The van der Waals surface area contributed by atoms with Crippen LogP contribution in [0.4, 0.5) is 0 Å². The molecule has 2 aromatic rings. The van der Waals surface area contributed by atoms with E-state index >= 15 is 0 Å². The average molecular weight is 414 g/mol. The zero-order valence-electron chi connectivity index (χ0n) is 17.0. The van der Waals surface area contributed by atoms with E-state index in [1.807, 2.05) is 12.1 Å². The normalized spacial score (nSPS) is 13.6. The van der Waals surface area contributed by atoms with Crippen molar-refractivity contribution in [1.82, 2.24) is 4.57 Å². The number of aliphatic hydroxyl groups is 1. The van der Waals surface area contributed by atoms with Crippen LogP contribution in [0, 0.1) is 0 Å². The molecule has 8 heteroatoms. The minimum absolute atomic E-state index is 0.323. The van der Waals surface area contributed by atoms with Crippen LogP contribution in [0.25, 0.3) is 11.3 Å². The van der Waals surface area contributed by atoms with Crippen molar-refractivity contribution in [2.45, 2.75) is 32.9 Å². The Labute approximate surface area is 174 Å². The molecule has 1 aromatic carbocycles. The highest BCUT2D eigenvalue weighted by Crippen LogP contribution is 2.26. The lowest BCUT2D eigenvalue weighted by Gasteiger charge is -2.17. The summed E-state index contributed by atoms with van der Waals surface area (Å²) in [4.78, 5) is 23.6. The van der Waals surface area contributed by atoms with Gasteiger partial charge in [-0.25, -0.2) is 9.59 Å². The van der Waals surface area contributed by atoms with Gasteiger partial charge in [-0.15, -0.1) is 0 Å². The van der Waals surface area contributed by atoms with E-state index in [4.69, 9.17) is 14.9 Å². The number of carboxylic acids is 2. The monoisotopic (exact) mass is 414 g/mol. The van der Waals surface area contributed by atoms with E-state index in [-0.39, 0.29) is 6.10 Å². The molecule has 0 radical (unpaired) electrons. The topological polar surface area (TPSA) is 121 Å². The van der Waals surface area contributed by atoms with Crippen molar-refractivity contribution >= 4 is 17.7 Å². The number of benzene rings is 1. The second-order valence-electron chi connectivity index (χ2n) is 6.74. The predicted molar refractivity (Wildman–Crippen MR) is 113 cm³/mol. The zero-order valence-corrected chi connectivity index (χ0v) is 17.0. The molecule has 0 saturated carbocycles. The molecule has 0 fully saturated rings. The molecule has 1 aliphatic rings. The summed E-state index contributed by atoms with van der Waals surface area (Å²) in [6.45, 7) is 6.15. The van der Waals surface area contributed by atoms with Gasteiger partial charge in [0.15, 0.2) is 0 Å². The number of hydrogen-bond acceptors (Lipinski definition) is 5. The van der Waals surface area contributed by atoms with Crippen LogP contribution in [-0.4, -0.2) is 56.8 Å². The Morgan fingerprint density at radius 3 is 2.27 bits per heavy atom. The Morgan fingerprint density at radius 1 is 1.10 bits per heavy atom. The molecule has 1 aliphatic heterocycles. The van der Waals surface area contributed by atoms with Gasteiger partial charge >= 0.3 is 11.9 Å². The van der Waals surface area contributed by atoms with E-state index in [0.29, 0.717) is 25.2 Å². The number of nitrogens with zero attached hydrogens (tertiary/aromatic N) is 2. The van der Waals surface area contributed by atoms with Crippen molar-refractivity contribution in [2.24, 2.45) is 4.99 Å². The first-order chi connectivity index (χ1) is 14.3. The Balaban J connectivity index is 0.000000343. The van der Waals surface area contributed by atoms with Gasteiger partial charge in [-0.3, -0.25) is 4.99 Å². The molecule has 3 N–H and O–H groups in total. The van der Waals surface area contributed by atoms with E-state index in [2.05, 4.69) is 40.7 Å². The van der Waals surface area contributed by atoms with Crippen LogP contribution >= 0.6 is 0 Å². The fourth-order valence-electron chi connectivity index (χ4n) is 2.89. The predicted octanol–water partition coefficient (Wildman–Crippen LogP) is 2.84. The number of fused-ring (bicyclic) bond motifs is 1. The molecule has 8 nitrogen and oxygen atoms in total. The second kappa shape index (κ2) is 11.0. The number of carboxylic acid groups (broad SMARTS) is 2. The lowest BCUT2D eigenvalue weighted by atomic mass is 10.1. The first-order valence-electron chi connectivity index (χ1n) is 9.54. The average Bonchev–Trinajstić information content (AvgIpc) is 3.13. The number of ether oxygens (including phenoxy) is 1. The Morgan fingerprint density at radius 2 is 1.70 bits per heavy atom. The summed E-state index contributed by atoms with van der Waals surface area (Å²) >= 11 is 0. The Bertz CT molecular complexity index is 910. The van der Waals surface area contributed by atoms with Gasteiger partial charge in [0, 0.05) is 30.8 Å². The number of aliphatic carboxylic acids is 2. The maximum atomic E-state index is 9.55.